The number of carbonyl (C=O) groups is 1. The van der Waals surface area contributed by atoms with Gasteiger partial charge in [0.15, 0.2) is 5.78 Å². The van der Waals surface area contributed by atoms with Gasteiger partial charge in [0.2, 0.25) is 5.95 Å². The van der Waals surface area contributed by atoms with Crippen molar-refractivity contribution in [1.29, 1.82) is 0 Å². The predicted molar refractivity (Wildman–Crippen MR) is 59.1 cm³/mol. The Morgan fingerprint density at radius 3 is 2.50 bits per heavy atom. The van der Waals surface area contributed by atoms with Crippen molar-refractivity contribution in [1.82, 2.24) is 15.0 Å². The number of ketones is 1. The molecule has 0 bridgehead atoms. The molecule has 0 unspecified atom stereocenters. The van der Waals surface area contributed by atoms with Crippen LogP contribution in [0.5, 0.6) is 0 Å². The highest BCUT2D eigenvalue weighted by Gasteiger charge is 2.04. The molecule has 2 rings (SSSR count). The zero-order valence-corrected chi connectivity index (χ0v) is 8.50. The summed E-state index contributed by atoms with van der Waals surface area (Å²) in [6, 6.07) is 9.08. The number of rotatable bonds is 4. The molecule has 0 atom stereocenters. The van der Waals surface area contributed by atoms with Crippen LogP contribution in [0.2, 0.25) is 0 Å². The first-order chi connectivity index (χ1) is 7.86. The zero-order chi connectivity index (χ0) is 11.2. The molecular weight excluding hydrogens is 204 g/mol. The van der Waals surface area contributed by atoms with Gasteiger partial charge in [-0.05, 0) is 0 Å². The third-order valence-electron chi connectivity index (χ3n) is 2.00. The van der Waals surface area contributed by atoms with Gasteiger partial charge >= 0.3 is 0 Å². The topological polar surface area (TPSA) is 67.8 Å². The molecule has 5 nitrogen and oxygen atoms in total. The Hall–Kier alpha value is -2.30. The van der Waals surface area contributed by atoms with Gasteiger partial charge in [0.1, 0.15) is 12.7 Å². The smallest absolute Gasteiger partial charge is 0.226 e. The van der Waals surface area contributed by atoms with Gasteiger partial charge < -0.3 is 5.32 Å². The van der Waals surface area contributed by atoms with E-state index in [0.29, 0.717) is 11.5 Å². The molecule has 80 valence electrons. The number of carbonyl (C=O) groups excluding carboxylic acids is 1. The summed E-state index contributed by atoms with van der Waals surface area (Å²) in [5, 5.41) is 2.83. The Balaban J connectivity index is 1.95. The molecule has 1 aromatic heterocycles. The van der Waals surface area contributed by atoms with Crippen LogP contribution < -0.4 is 5.32 Å². The lowest BCUT2D eigenvalue weighted by molar-refractivity contribution is 0.101. The molecular formula is C11H10N4O. The van der Waals surface area contributed by atoms with Gasteiger partial charge in [-0.2, -0.15) is 0 Å². The third kappa shape index (κ3) is 2.60. The third-order valence-corrected chi connectivity index (χ3v) is 2.00. The number of benzene rings is 1. The van der Waals surface area contributed by atoms with Crippen LogP contribution in [0, 0.1) is 0 Å². The van der Waals surface area contributed by atoms with E-state index in [-0.39, 0.29) is 12.3 Å². The molecule has 0 aliphatic heterocycles. The molecule has 0 radical (unpaired) electrons. The first kappa shape index (κ1) is 10.2. The van der Waals surface area contributed by atoms with E-state index in [4.69, 9.17) is 0 Å². The van der Waals surface area contributed by atoms with Gasteiger partial charge in [0, 0.05) is 5.56 Å². The van der Waals surface area contributed by atoms with E-state index in [1.54, 1.807) is 12.1 Å². The van der Waals surface area contributed by atoms with Crippen LogP contribution in [0.25, 0.3) is 0 Å². The fraction of sp³-hybridized carbons (Fsp3) is 0.0909. The number of Topliss-reactive ketones (excluding diaryl/α,β-unsaturated/α-hetero) is 1. The molecule has 1 N–H and O–H groups in total. The number of aromatic nitrogens is 3. The number of anilines is 1. The standard InChI is InChI=1S/C11H10N4O/c16-10(9-4-2-1-3-5-9)6-13-11-14-7-12-8-15-11/h1-5,7-8H,6H2,(H,12,13,14,15). The fourth-order valence-corrected chi connectivity index (χ4v) is 1.22. The van der Waals surface area contributed by atoms with Gasteiger partial charge in [-0.3, -0.25) is 4.79 Å². The van der Waals surface area contributed by atoms with E-state index in [2.05, 4.69) is 20.3 Å². The Labute approximate surface area is 92.6 Å². The second-order valence-electron chi connectivity index (χ2n) is 3.10. The number of hydrogen-bond donors (Lipinski definition) is 1. The van der Waals surface area contributed by atoms with E-state index in [1.807, 2.05) is 18.2 Å². The minimum Gasteiger partial charge on any atom is -0.347 e. The molecule has 5 heteroatoms. The SMILES string of the molecule is O=C(CNc1ncncn1)c1ccccc1. The average Bonchev–Trinajstić information content (AvgIpc) is 2.38. The molecule has 1 heterocycles. The molecule has 0 aliphatic carbocycles. The first-order valence-corrected chi connectivity index (χ1v) is 4.80. The lowest BCUT2D eigenvalue weighted by Gasteiger charge is -2.02. The Morgan fingerprint density at radius 1 is 1.12 bits per heavy atom. The summed E-state index contributed by atoms with van der Waals surface area (Å²) in [5.74, 6) is 0.403. The Kier molecular flexibility index (Phi) is 3.18. The monoisotopic (exact) mass is 214 g/mol. The van der Waals surface area contributed by atoms with Crippen LogP contribution in [-0.2, 0) is 0 Å². The molecule has 1 aromatic carbocycles. The minimum absolute atomic E-state index is 0.000937. The van der Waals surface area contributed by atoms with Gasteiger partial charge in [-0.25, -0.2) is 15.0 Å². The zero-order valence-electron chi connectivity index (χ0n) is 8.50. The second kappa shape index (κ2) is 4.97. The maximum atomic E-state index is 11.7. The van der Waals surface area contributed by atoms with Crippen molar-refractivity contribution in [2.45, 2.75) is 0 Å². The summed E-state index contributed by atoms with van der Waals surface area (Å²) in [6.45, 7) is 0.175. The molecule has 0 spiro atoms. The molecule has 0 saturated heterocycles. The van der Waals surface area contributed by atoms with Crippen molar-refractivity contribution in [3.05, 3.63) is 48.5 Å². The number of nitrogens with one attached hydrogen (secondary N) is 1. The highest BCUT2D eigenvalue weighted by atomic mass is 16.1. The van der Waals surface area contributed by atoms with Crippen molar-refractivity contribution in [2.24, 2.45) is 0 Å². The highest BCUT2D eigenvalue weighted by Crippen LogP contribution is 2.00. The molecule has 2 aromatic rings. The van der Waals surface area contributed by atoms with Crippen molar-refractivity contribution in [2.75, 3.05) is 11.9 Å². The molecule has 16 heavy (non-hydrogen) atoms. The Morgan fingerprint density at radius 2 is 1.81 bits per heavy atom. The minimum atomic E-state index is 0.000937. The van der Waals surface area contributed by atoms with Crippen LogP contribution in [0.3, 0.4) is 0 Å². The van der Waals surface area contributed by atoms with Gasteiger partial charge in [0.05, 0.1) is 6.54 Å². The van der Waals surface area contributed by atoms with Crippen LogP contribution in [0.4, 0.5) is 5.95 Å². The van der Waals surface area contributed by atoms with Crippen molar-refractivity contribution in [3.8, 4) is 0 Å². The van der Waals surface area contributed by atoms with Gasteiger partial charge in [0.25, 0.3) is 0 Å². The van der Waals surface area contributed by atoms with Crippen LogP contribution in [0.1, 0.15) is 10.4 Å². The van der Waals surface area contributed by atoms with Crippen LogP contribution in [-0.4, -0.2) is 27.3 Å². The summed E-state index contributed by atoms with van der Waals surface area (Å²) in [5.41, 5.74) is 0.670. The number of hydrogen-bond acceptors (Lipinski definition) is 5. The summed E-state index contributed by atoms with van der Waals surface area (Å²) < 4.78 is 0. The molecule has 0 aliphatic rings. The maximum absolute atomic E-state index is 11.7. The summed E-state index contributed by atoms with van der Waals surface area (Å²) >= 11 is 0. The molecule has 0 fully saturated rings. The first-order valence-electron chi connectivity index (χ1n) is 4.80. The van der Waals surface area contributed by atoms with E-state index in [9.17, 15) is 4.79 Å². The van der Waals surface area contributed by atoms with Gasteiger partial charge in [-0.1, -0.05) is 30.3 Å². The average molecular weight is 214 g/mol. The second-order valence-corrected chi connectivity index (χ2v) is 3.10. The van der Waals surface area contributed by atoms with E-state index >= 15 is 0 Å². The summed E-state index contributed by atoms with van der Waals surface area (Å²) in [4.78, 5) is 23.1. The summed E-state index contributed by atoms with van der Waals surface area (Å²) in [6.07, 6.45) is 2.75. The van der Waals surface area contributed by atoms with Crippen LogP contribution >= 0.6 is 0 Å². The molecule has 0 amide bonds. The fourth-order valence-electron chi connectivity index (χ4n) is 1.22. The van der Waals surface area contributed by atoms with Crippen molar-refractivity contribution in [3.63, 3.8) is 0 Å². The number of nitrogens with zero attached hydrogens (tertiary/aromatic N) is 3. The van der Waals surface area contributed by atoms with Crippen LogP contribution in [0.15, 0.2) is 43.0 Å². The predicted octanol–water partition coefficient (Wildman–Crippen LogP) is 1.17. The largest absolute Gasteiger partial charge is 0.347 e. The van der Waals surface area contributed by atoms with E-state index in [1.165, 1.54) is 12.7 Å². The van der Waals surface area contributed by atoms with E-state index < -0.39 is 0 Å². The lowest BCUT2D eigenvalue weighted by Crippen LogP contribution is -2.15. The maximum Gasteiger partial charge on any atom is 0.226 e. The van der Waals surface area contributed by atoms with Gasteiger partial charge in [-0.15, -0.1) is 0 Å². The van der Waals surface area contributed by atoms with E-state index in [0.717, 1.165) is 0 Å². The Bertz CT molecular complexity index is 458. The normalized spacial score (nSPS) is 9.75. The quantitative estimate of drug-likeness (QED) is 0.773. The summed E-state index contributed by atoms with van der Waals surface area (Å²) in [7, 11) is 0. The van der Waals surface area contributed by atoms with Crippen molar-refractivity contribution < 1.29 is 4.79 Å². The highest BCUT2D eigenvalue weighted by molar-refractivity contribution is 5.98. The molecule has 0 saturated carbocycles. The lowest BCUT2D eigenvalue weighted by atomic mass is 10.1. The van der Waals surface area contributed by atoms with Crippen molar-refractivity contribution >= 4 is 11.7 Å².